The van der Waals surface area contributed by atoms with Crippen molar-refractivity contribution in [2.24, 2.45) is 4.99 Å². The van der Waals surface area contributed by atoms with Crippen LogP contribution in [0.2, 0.25) is 5.02 Å². The SMILES string of the molecule is Clc1ccc(C2=NC2Cc2ccccc2)cc1. The molecular formula is C15H12ClN. The van der Waals surface area contributed by atoms with Gasteiger partial charge >= 0.3 is 0 Å². The Morgan fingerprint density at radius 1 is 0.941 bits per heavy atom. The van der Waals surface area contributed by atoms with Crippen molar-refractivity contribution in [3.05, 3.63) is 70.7 Å². The summed E-state index contributed by atoms with van der Waals surface area (Å²) in [4.78, 5) is 4.52. The highest BCUT2D eigenvalue weighted by molar-refractivity contribution is 6.30. The van der Waals surface area contributed by atoms with Crippen LogP contribution in [-0.4, -0.2) is 11.8 Å². The van der Waals surface area contributed by atoms with Gasteiger partial charge in [0.25, 0.3) is 0 Å². The Morgan fingerprint density at radius 2 is 1.65 bits per heavy atom. The fraction of sp³-hybridized carbons (Fsp3) is 0.133. The molecule has 0 spiro atoms. The molecular weight excluding hydrogens is 230 g/mol. The molecule has 0 fully saturated rings. The molecule has 2 aromatic rings. The van der Waals surface area contributed by atoms with Crippen molar-refractivity contribution in [2.75, 3.05) is 0 Å². The van der Waals surface area contributed by atoms with Crippen LogP contribution < -0.4 is 0 Å². The lowest BCUT2D eigenvalue weighted by Gasteiger charge is -1.99. The molecule has 1 unspecified atom stereocenters. The number of rotatable bonds is 3. The van der Waals surface area contributed by atoms with Gasteiger partial charge in [-0.1, -0.05) is 54.1 Å². The highest BCUT2D eigenvalue weighted by Gasteiger charge is 2.28. The molecule has 3 rings (SSSR count). The van der Waals surface area contributed by atoms with Gasteiger partial charge in [-0.05, 0) is 23.3 Å². The summed E-state index contributed by atoms with van der Waals surface area (Å²) in [7, 11) is 0. The van der Waals surface area contributed by atoms with E-state index in [9.17, 15) is 0 Å². The van der Waals surface area contributed by atoms with Crippen molar-refractivity contribution in [3.8, 4) is 0 Å². The van der Waals surface area contributed by atoms with Gasteiger partial charge < -0.3 is 0 Å². The number of nitrogens with zero attached hydrogens (tertiary/aromatic N) is 1. The number of benzene rings is 2. The standard InChI is InChI=1S/C15H12ClN/c16-13-8-6-12(7-9-13)15-14(17-15)10-11-4-2-1-3-5-11/h1-9,14H,10H2. The second kappa shape index (κ2) is 4.34. The van der Waals surface area contributed by atoms with Crippen LogP contribution >= 0.6 is 11.6 Å². The third kappa shape index (κ3) is 2.40. The summed E-state index contributed by atoms with van der Waals surface area (Å²) >= 11 is 5.86. The Bertz CT molecular complexity index is 543. The number of hydrogen-bond acceptors (Lipinski definition) is 1. The quantitative estimate of drug-likeness (QED) is 0.776. The molecule has 1 nitrogen and oxygen atoms in total. The third-order valence-electron chi connectivity index (χ3n) is 2.95. The van der Waals surface area contributed by atoms with E-state index >= 15 is 0 Å². The van der Waals surface area contributed by atoms with Crippen LogP contribution in [0.4, 0.5) is 0 Å². The van der Waals surface area contributed by atoms with Crippen molar-refractivity contribution < 1.29 is 0 Å². The summed E-state index contributed by atoms with van der Waals surface area (Å²) in [6.45, 7) is 0. The van der Waals surface area contributed by atoms with Crippen molar-refractivity contribution in [2.45, 2.75) is 12.5 Å². The van der Waals surface area contributed by atoms with E-state index in [0.717, 1.165) is 11.4 Å². The monoisotopic (exact) mass is 241 g/mol. The van der Waals surface area contributed by atoms with E-state index in [1.165, 1.54) is 16.8 Å². The summed E-state index contributed by atoms with van der Waals surface area (Å²) in [6, 6.07) is 18.7. The lowest BCUT2D eigenvalue weighted by molar-refractivity contribution is 0.962. The summed E-state index contributed by atoms with van der Waals surface area (Å²) < 4.78 is 0. The minimum absolute atomic E-state index is 0.360. The van der Waals surface area contributed by atoms with Gasteiger partial charge in [-0.2, -0.15) is 0 Å². The van der Waals surface area contributed by atoms with E-state index in [1.54, 1.807) is 0 Å². The predicted molar refractivity (Wildman–Crippen MR) is 71.9 cm³/mol. The van der Waals surface area contributed by atoms with Gasteiger partial charge in [0.05, 0.1) is 11.8 Å². The molecule has 0 aromatic heterocycles. The van der Waals surface area contributed by atoms with Crippen LogP contribution in [0.5, 0.6) is 0 Å². The Morgan fingerprint density at radius 3 is 2.35 bits per heavy atom. The predicted octanol–water partition coefficient (Wildman–Crippen LogP) is 3.75. The molecule has 84 valence electrons. The average molecular weight is 242 g/mol. The largest absolute Gasteiger partial charge is 0.277 e. The first-order valence-corrected chi connectivity index (χ1v) is 6.08. The summed E-state index contributed by atoms with van der Waals surface area (Å²) in [5, 5.41) is 0.773. The first-order valence-electron chi connectivity index (χ1n) is 5.70. The van der Waals surface area contributed by atoms with E-state index in [0.29, 0.717) is 6.04 Å². The number of hydrogen-bond donors (Lipinski definition) is 0. The van der Waals surface area contributed by atoms with E-state index in [2.05, 4.69) is 29.3 Å². The molecule has 2 aromatic carbocycles. The molecule has 0 aliphatic carbocycles. The normalized spacial score (nSPS) is 17.7. The first-order chi connectivity index (χ1) is 8.33. The van der Waals surface area contributed by atoms with Gasteiger partial charge in [0.15, 0.2) is 0 Å². The lowest BCUT2D eigenvalue weighted by Crippen LogP contribution is -2.02. The molecule has 0 bridgehead atoms. The van der Waals surface area contributed by atoms with Gasteiger partial charge in [0.1, 0.15) is 0 Å². The Labute approximate surface area is 106 Å². The molecule has 0 saturated heterocycles. The van der Waals surface area contributed by atoms with E-state index in [1.807, 2.05) is 30.3 Å². The second-order valence-electron chi connectivity index (χ2n) is 4.23. The highest BCUT2D eigenvalue weighted by Crippen LogP contribution is 2.24. The van der Waals surface area contributed by atoms with Crippen molar-refractivity contribution in [1.29, 1.82) is 0 Å². The Kier molecular flexibility index (Phi) is 2.69. The maximum atomic E-state index is 5.86. The zero-order valence-corrected chi connectivity index (χ0v) is 10.1. The lowest BCUT2D eigenvalue weighted by atomic mass is 10.0. The third-order valence-corrected chi connectivity index (χ3v) is 3.21. The molecule has 1 atom stereocenters. The summed E-state index contributed by atoms with van der Waals surface area (Å²) in [5.41, 5.74) is 3.73. The maximum absolute atomic E-state index is 5.86. The first kappa shape index (κ1) is 10.5. The molecule has 0 saturated carbocycles. The van der Waals surface area contributed by atoms with Crippen LogP contribution in [-0.2, 0) is 6.42 Å². The minimum atomic E-state index is 0.360. The molecule has 0 radical (unpaired) electrons. The van der Waals surface area contributed by atoms with E-state index < -0.39 is 0 Å². The molecule has 1 aliphatic rings. The molecule has 2 heteroatoms. The van der Waals surface area contributed by atoms with E-state index in [4.69, 9.17) is 11.6 Å². The summed E-state index contributed by atoms with van der Waals surface area (Å²) in [5.74, 6) is 0. The Balaban J connectivity index is 1.67. The van der Waals surface area contributed by atoms with Crippen LogP contribution in [0.1, 0.15) is 11.1 Å². The van der Waals surface area contributed by atoms with Crippen molar-refractivity contribution in [1.82, 2.24) is 0 Å². The summed E-state index contributed by atoms with van der Waals surface area (Å²) in [6.07, 6.45) is 0.999. The van der Waals surface area contributed by atoms with Crippen LogP contribution in [0.3, 0.4) is 0 Å². The molecule has 0 N–H and O–H groups in total. The van der Waals surface area contributed by atoms with Gasteiger partial charge in [-0.3, -0.25) is 4.99 Å². The maximum Gasteiger partial charge on any atom is 0.0966 e. The number of aliphatic imine (C=N–C) groups is 1. The zero-order valence-electron chi connectivity index (χ0n) is 9.31. The topological polar surface area (TPSA) is 12.4 Å². The molecule has 0 amide bonds. The number of halogens is 1. The second-order valence-corrected chi connectivity index (χ2v) is 4.66. The minimum Gasteiger partial charge on any atom is -0.277 e. The van der Waals surface area contributed by atoms with Crippen LogP contribution in [0.25, 0.3) is 0 Å². The average Bonchev–Trinajstić information content (AvgIpc) is 3.11. The van der Waals surface area contributed by atoms with Gasteiger partial charge in [0, 0.05) is 11.4 Å². The van der Waals surface area contributed by atoms with Gasteiger partial charge in [0.2, 0.25) is 0 Å². The fourth-order valence-electron chi connectivity index (χ4n) is 2.00. The smallest absolute Gasteiger partial charge is 0.0966 e. The van der Waals surface area contributed by atoms with Crippen molar-refractivity contribution >= 4 is 17.3 Å². The fourth-order valence-corrected chi connectivity index (χ4v) is 2.12. The van der Waals surface area contributed by atoms with Gasteiger partial charge in [-0.15, -0.1) is 0 Å². The molecule has 1 aliphatic heterocycles. The van der Waals surface area contributed by atoms with Crippen LogP contribution in [0.15, 0.2) is 59.6 Å². The van der Waals surface area contributed by atoms with Crippen molar-refractivity contribution in [3.63, 3.8) is 0 Å². The molecule has 17 heavy (non-hydrogen) atoms. The van der Waals surface area contributed by atoms with Gasteiger partial charge in [-0.25, -0.2) is 0 Å². The Hall–Kier alpha value is -1.60. The molecule has 1 heterocycles. The highest BCUT2D eigenvalue weighted by atomic mass is 35.5. The van der Waals surface area contributed by atoms with E-state index in [-0.39, 0.29) is 0 Å². The van der Waals surface area contributed by atoms with Crippen LogP contribution in [0, 0.1) is 0 Å². The zero-order chi connectivity index (χ0) is 11.7.